The molecule has 0 atom stereocenters. The highest BCUT2D eigenvalue weighted by molar-refractivity contribution is 7.99. The van der Waals surface area contributed by atoms with Crippen molar-refractivity contribution in [1.29, 1.82) is 0 Å². The van der Waals surface area contributed by atoms with Crippen LogP contribution < -0.4 is 0 Å². The first-order valence-corrected chi connectivity index (χ1v) is 5.19. The lowest BCUT2D eigenvalue weighted by atomic mass is 10.5. The van der Waals surface area contributed by atoms with Gasteiger partial charge >= 0.3 is 5.97 Å². The van der Waals surface area contributed by atoms with E-state index in [1.54, 1.807) is 12.4 Å². The van der Waals surface area contributed by atoms with Crippen LogP contribution in [0.2, 0.25) is 0 Å². The number of carbonyl (C=O) groups is 1. The molecule has 2 aromatic heterocycles. The van der Waals surface area contributed by atoms with Crippen molar-refractivity contribution in [2.75, 3.05) is 0 Å². The van der Waals surface area contributed by atoms with Crippen molar-refractivity contribution in [3.05, 3.63) is 30.5 Å². The number of imidazole rings is 1. The van der Waals surface area contributed by atoms with Crippen molar-refractivity contribution in [1.82, 2.24) is 19.5 Å². The molecule has 0 amide bonds. The zero-order valence-electron chi connectivity index (χ0n) is 8.36. The fourth-order valence-electron chi connectivity index (χ4n) is 1.04. The summed E-state index contributed by atoms with van der Waals surface area (Å²) in [6, 6.07) is 0. The maximum Gasteiger partial charge on any atom is 0.356 e. The molecule has 0 unspecified atom stereocenters. The van der Waals surface area contributed by atoms with Crippen molar-refractivity contribution < 1.29 is 9.90 Å². The van der Waals surface area contributed by atoms with Crippen LogP contribution in [0, 0.1) is 0 Å². The number of hydrogen-bond donors (Lipinski definition) is 1. The molecule has 0 bridgehead atoms. The van der Waals surface area contributed by atoms with Gasteiger partial charge in [0.1, 0.15) is 5.03 Å². The average Bonchev–Trinajstić information content (AvgIpc) is 2.65. The van der Waals surface area contributed by atoms with Crippen LogP contribution in [-0.4, -0.2) is 30.6 Å². The van der Waals surface area contributed by atoms with Crippen molar-refractivity contribution in [2.45, 2.75) is 10.2 Å². The van der Waals surface area contributed by atoms with E-state index in [9.17, 15) is 4.79 Å². The smallest absolute Gasteiger partial charge is 0.356 e. The number of aromatic nitrogens is 4. The second kappa shape index (κ2) is 4.31. The second-order valence-corrected chi connectivity index (χ2v) is 3.96. The monoisotopic (exact) mass is 236 g/mol. The molecule has 82 valence electrons. The highest BCUT2D eigenvalue weighted by atomic mass is 32.2. The first-order valence-electron chi connectivity index (χ1n) is 4.37. The minimum atomic E-state index is -1.09. The summed E-state index contributed by atoms with van der Waals surface area (Å²) in [5.74, 6) is -1.09. The van der Waals surface area contributed by atoms with E-state index < -0.39 is 5.97 Å². The molecule has 6 nitrogen and oxygen atoms in total. The van der Waals surface area contributed by atoms with Crippen molar-refractivity contribution >= 4 is 17.7 Å². The number of aromatic carboxylic acids is 1. The first-order chi connectivity index (χ1) is 7.66. The van der Waals surface area contributed by atoms with Gasteiger partial charge < -0.3 is 9.67 Å². The topological polar surface area (TPSA) is 80.9 Å². The van der Waals surface area contributed by atoms with Gasteiger partial charge in [0.2, 0.25) is 0 Å². The summed E-state index contributed by atoms with van der Waals surface area (Å²) in [5.41, 5.74) is -0.0702. The number of nitrogens with zero attached hydrogens (tertiary/aromatic N) is 4. The van der Waals surface area contributed by atoms with Crippen LogP contribution in [0.5, 0.6) is 0 Å². The third-order valence-corrected chi connectivity index (χ3v) is 2.79. The Hall–Kier alpha value is -1.89. The molecule has 0 fully saturated rings. The Morgan fingerprint density at radius 3 is 2.94 bits per heavy atom. The number of rotatable bonds is 3. The summed E-state index contributed by atoms with van der Waals surface area (Å²) < 4.78 is 1.82. The molecule has 1 N–H and O–H groups in total. The van der Waals surface area contributed by atoms with E-state index in [2.05, 4.69) is 15.0 Å². The van der Waals surface area contributed by atoms with Gasteiger partial charge in [-0.1, -0.05) is 0 Å². The summed E-state index contributed by atoms with van der Waals surface area (Å²) in [4.78, 5) is 22.5. The Kier molecular flexibility index (Phi) is 2.86. The molecular formula is C9H8N4O2S. The molecule has 0 aliphatic rings. The van der Waals surface area contributed by atoms with E-state index in [0.717, 1.165) is 5.16 Å². The zero-order valence-corrected chi connectivity index (χ0v) is 9.18. The average molecular weight is 236 g/mol. The molecule has 0 spiro atoms. The molecular weight excluding hydrogens is 228 g/mol. The van der Waals surface area contributed by atoms with Gasteiger partial charge in [0.25, 0.3) is 0 Å². The molecule has 0 saturated heterocycles. The lowest BCUT2D eigenvalue weighted by molar-refractivity contribution is 0.0689. The van der Waals surface area contributed by atoms with Gasteiger partial charge in [0, 0.05) is 19.4 Å². The van der Waals surface area contributed by atoms with Crippen molar-refractivity contribution in [2.24, 2.45) is 7.05 Å². The lowest BCUT2D eigenvalue weighted by Crippen LogP contribution is -2.01. The van der Waals surface area contributed by atoms with E-state index in [4.69, 9.17) is 5.11 Å². The largest absolute Gasteiger partial charge is 0.476 e. The van der Waals surface area contributed by atoms with E-state index in [1.807, 2.05) is 11.6 Å². The molecule has 0 aliphatic heterocycles. The normalized spacial score (nSPS) is 10.3. The fourth-order valence-corrected chi connectivity index (χ4v) is 1.81. The van der Waals surface area contributed by atoms with E-state index in [1.165, 1.54) is 24.2 Å². The molecule has 2 aromatic rings. The Morgan fingerprint density at radius 2 is 2.31 bits per heavy atom. The lowest BCUT2D eigenvalue weighted by Gasteiger charge is -2.00. The zero-order chi connectivity index (χ0) is 11.5. The number of hydrogen-bond acceptors (Lipinski definition) is 5. The standard InChI is InChI=1S/C9H8N4O2S/c1-13-3-2-11-9(13)16-7-5-10-4-6(12-7)8(14)15/h2-5H,1H3,(H,14,15). The van der Waals surface area contributed by atoms with Crippen LogP contribution in [0.25, 0.3) is 0 Å². The summed E-state index contributed by atoms with van der Waals surface area (Å²) in [6.07, 6.45) is 6.18. The maximum absolute atomic E-state index is 10.7. The SMILES string of the molecule is Cn1ccnc1Sc1cncc(C(=O)O)n1. The highest BCUT2D eigenvalue weighted by Crippen LogP contribution is 2.22. The molecule has 0 aromatic carbocycles. The van der Waals surface area contributed by atoms with Crippen LogP contribution in [0.1, 0.15) is 10.5 Å². The fraction of sp³-hybridized carbons (Fsp3) is 0.111. The van der Waals surface area contributed by atoms with Gasteiger partial charge in [-0.25, -0.2) is 14.8 Å². The van der Waals surface area contributed by atoms with Crippen LogP contribution >= 0.6 is 11.8 Å². The molecule has 2 heterocycles. The summed E-state index contributed by atoms with van der Waals surface area (Å²) in [5, 5.41) is 10.00. The van der Waals surface area contributed by atoms with E-state index >= 15 is 0 Å². The predicted molar refractivity (Wildman–Crippen MR) is 56.3 cm³/mol. The van der Waals surface area contributed by atoms with Gasteiger partial charge in [-0.2, -0.15) is 0 Å². The van der Waals surface area contributed by atoms with Gasteiger partial charge in [0.15, 0.2) is 10.9 Å². The summed E-state index contributed by atoms with van der Waals surface area (Å²) in [6.45, 7) is 0. The van der Waals surface area contributed by atoms with Gasteiger partial charge in [-0.3, -0.25) is 4.98 Å². The Balaban J connectivity index is 2.25. The van der Waals surface area contributed by atoms with E-state index in [0.29, 0.717) is 5.03 Å². The van der Waals surface area contributed by atoms with E-state index in [-0.39, 0.29) is 5.69 Å². The quantitative estimate of drug-likeness (QED) is 0.858. The molecule has 0 radical (unpaired) electrons. The summed E-state index contributed by atoms with van der Waals surface area (Å²) >= 11 is 1.27. The van der Waals surface area contributed by atoms with Gasteiger partial charge in [-0.05, 0) is 11.8 Å². The minimum Gasteiger partial charge on any atom is -0.476 e. The van der Waals surface area contributed by atoms with Crippen LogP contribution in [0.15, 0.2) is 35.0 Å². The Bertz CT molecular complexity index is 526. The first kappa shape index (κ1) is 10.6. The molecule has 7 heteroatoms. The molecule has 0 saturated carbocycles. The van der Waals surface area contributed by atoms with Gasteiger partial charge in [0.05, 0.1) is 12.4 Å². The molecule has 2 rings (SSSR count). The third-order valence-electron chi connectivity index (χ3n) is 1.80. The molecule has 0 aliphatic carbocycles. The Labute approximate surface area is 95.4 Å². The van der Waals surface area contributed by atoms with Crippen molar-refractivity contribution in [3.63, 3.8) is 0 Å². The minimum absolute atomic E-state index is 0.0702. The van der Waals surface area contributed by atoms with Crippen molar-refractivity contribution in [3.8, 4) is 0 Å². The van der Waals surface area contributed by atoms with Crippen LogP contribution in [-0.2, 0) is 7.05 Å². The highest BCUT2D eigenvalue weighted by Gasteiger charge is 2.08. The third kappa shape index (κ3) is 2.19. The number of carboxylic acids is 1. The predicted octanol–water partition coefficient (Wildman–Crippen LogP) is 1.06. The second-order valence-electron chi connectivity index (χ2n) is 2.97. The van der Waals surface area contributed by atoms with Gasteiger partial charge in [-0.15, -0.1) is 0 Å². The summed E-state index contributed by atoms with van der Waals surface area (Å²) in [7, 11) is 1.85. The maximum atomic E-state index is 10.7. The van der Waals surface area contributed by atoms with Crippen LogP contribution in [0.4, 0.5) is 0 Å². The molecule has 16 heavy (non-hydrogen) atoms. The van der Waals surface area contributed by atoms with Crippen LogP contribution in [0.3, 0.4) is 0 Å². The number of aryl methyl sites for hydroxylation is 1. The number of carboxylic acid groups (broad SMARTS) is 1. The Morgan fingerprint density at radius 1 is 1.50 bits per heavy atom.